The predicted molar refractivity (Wildman–Crippen MR) is 122 cm³/mol. The van der Waals surface area contributed by atoms with E-state index in [1.165, 1.54) is 35.6 Å². The normalized spacial score (nSPS) is 17.0. The molecule has 1 aliphatic rings. The summed E-state index contributed by atoms with van der Waals surface area (Å²) in [5.41, 5.74) is 0.333. The van der Waals surface area contributed by atoms with E-state index in [1.54, 1.807) is 17.5 Å². The Kier molecular flexibility index (Phi) is 6.79. The minimum absolute atomic E-state index is 0.0756. The molecule has 0 saturated carbocycles. The van der Waals surface area contributed by atoms with Gasteiger partial charge in [0, 0.05) is 30.3 Å². The molecule has 33 heavy (non-hydrogen) atoms. The molecule has 12 heteroatoms. The molecule has 3 aromatic rings. The highest BCUT2D eigenvalue weighted by Gasteiger charge is 2.37. The molecule has 1 aliphatic heterocycles. The van der Waals surface area contributed by atoms with Gasteiger partial charge in [0.2, 0.25) is 0 Å². The summed E-state index contributed by atoms with van der Waals surface area (Å²) in [4.78, 5) is 17.2. The van der Waals surface area contributed by atoms with E-state index in [2.05, 4.69) is 4.98 Å². The molecule has 0 fully saturated rings. The summed E-state index contributed by atoms with van der Waals surface area (Å²) >= 11 is 8.09. The Hall–Kier alpha value is -2.05. The topological polar surface area (TPSA) is 67.3 Å². The number of hydrogen-bond acceptors (Lipinski definition) is 6. The molecule has 0 spiro atoms. The quantitative estimate of drug-likeness (QED) is 0.367. The maximum absolute atomic E-state index is 12.9. The number of halogens is 4. The number of rotatable bonds is 7. The first-order valence-corrected chi connectivity index (χ1v) is 13.2. The summed E-state index contributed by atoms with van der Waals surface area (Å²) in [5.74, 6) is -0.263. The lowest BCUT2D eigenvalue weighted by atomic mass is 10.1. The second-order valence-corrected chi connectivity index (χ2v) is 11.9. The summed E-state index contributed by atoms with van der Waals surface area (Å²) in [5, 5.41) is 2.36. The Morgan fingerprint density at radius 2 is 1.91 bits per heavy atom. The molecule has 0 amide bonds. The second-order valence-electron chi connectivity index (χ2n) is 7.17. The molecule has 2 aromatic heterocycles. The fourth-order valence-corrected chi connectivity index (χ4v) is 7.28. The maximum atomic E-state index is 12.9. The van der Waals surface area contributed by atoms with Crippen LogP contribution in [0, 0.1) is 0 Å². The summed E-state index contributed by atoms with van der Waals surface area (Å²) < 4.78 is 65.5. The van der Waals surface area contributed by atoms with Gasteiger partial charge in [-0.25, -0.2) is 13.4 Å². The maximum Gasteiger partial charge on any atom is 0.416 e. The zero-order chi connectivity index (χ0) is 23.8. The first-order valence-electron chi connectivity index (χ1n) is 9.64. The van der Waals surface area contributed by atoms with Crippen LogP contribution in [0.1, 0.15) is 17.0 Å². The molecule has 0 aliphatic carbocycles. The molecule has 1 atom stereocenters. The smallest absolute Gasteiger partial charge is 0.298 e. The van der Waals surface area contributed by atoms with Crippen LogP contribution in [-0.2, 0) is 27.4 Å². The van der Waals surface area contributed by atoms with E-state index in [0.29, 0.717) is 27.0 Å². The van der Waals surface area contributed by atoms with Crippen molar-refractivity contribution in [2.45, 2.75) is 29.3 Å². The van der Waals surface area contributed by atoms with E-state index in [9.17, 15) is 26.4 Å². The van der Waals surface area contributed by atoms with Crippen LogP contribution in [-0.4, -0.2) is 36.1 Å². The number of thiazole rings is 1. The number of thiophene rings is 1. The zero-order valence-electron chi connectivity index (χ0n) is 16.8. The third kappa shape index (κ3) is 5.22. The number of sulfonamides is 1. The lowest BCUT2D eigenvalue weighted by molar-refractivity contribution is -0.137. The molecule has 174 valence electrons. The van der Waals surface area contributed by atoms with Crippen LogP contribution in [0.5, 0.6) is 0 Å². The Bertz CT molecular complexity index is 1300. The predicted octanol–water partition coefficient (Wildman–Crippen LogP) is 5.67. The molecule has 5 nitrogen and oxygen atoms in total. The molecule has 0 bridgehead atoms. The van der Waals surface area contributed by atoms with Crippen molar-refractivity contribution in [3.8, 4) is 11.3 Å². The second kappa shape index (κ2) is 9.30. The molecular weight excluding hydrogens is 517 g/mol. The number of alkyl halides is 3. The third-order valence-corrected chi connectivity index (χ3v) is 9.45. The fourth-order valence-electron chi connectivity index (χ4n) is 3.34. The van der Waals surface area contributed by atoms with Crippen LogP contribution in [0.4, 0.5) is 13.2 Å². The molecule has 0 radical (unpaired) electrons. The lowest BCUT2D eigenvalue weighted by Crippen LogP contribution is -2.40. The lowest BCUT2D eigenvalue weighted by Gasteiger charge is -2.22. The minimum Gasteiger partial charge on any atom is -0.298 e. The fraction of sp³-hybridized carbons (Fsp3) is 0.238. The standard InChI is InChI=1S/C21H16ClF3N2O3S3/c22-18-8-10-20(32-18)33(29,30)27-11-1-2-16(27)17(28)7-9-19-26-15(12-31-19)13-3-5-14(6-4-13)21(23,24)25/h1-6,8,10,12,16H,7,9,11H2/t16-/m0/s1. The average Bonchev–Trinajstić information content (AvgIpc) is 3.52. The first kappa shape index (κ1) is 24.1. The van der Waals surface area contributed by atoms with Crippen molar-refractivity contribution in [2.75, 3.05) is 6.54 Å². The third-order valence-electron chi connectivity index (χ3n) is 5.00. The van der Waals surface area contributed by atoms with E-state index >= 15 is 0 Å². The van der Waals surface area contributed by atoms with Crippen LogP contribution < -0.4 is 0 Å². The Morgan fingerprint density at radius 1 is 1.18 bits per heavy atom. The summed E-state index contributed by atoms with van der Waals surface area (Å²) in [6.45, 7) is 0.101. The van der Waals surface area contributed by atoms with Crippen molar-refractivity contribution in [3.63, 3.8) is 0 Å². The van der Waals surface area contributed by atoms with Crippen molar-refractivity contribution >= 4 is 50.1 Å². The molecule has 0 N–H and O–H groups in total. The number of carbonyl (C=O) groups is 1. The van der Waals surface area contributed by atoms with Crippen molar-refractivity contribution in [3.05, 3.63) is 68.8 Å². The highest BCUT2D eigenvalue weighted by Crippen LogP contribution is 2.32. The number of hydrogen-bond donors (Lipinski definition) is 0. The van der Waals surface area contributed by atoms with Crippen molar-refractivity contribution in [1.82, 2.24) is 9.29 Å². The molecule has 3 heterocycles. The molecule has 4 rings (SSSR count). The highest BCUT2D eigenvalue weighted by molar-refractivity contribution is 7.91. The van der Waals surface area contributed by atoms with Gasteiger partial charge >= 0.3 is 6.18 Å². The van der Waals surface area contributed by atoms with Gasteiger partial charge in [-0.1, -0.05) is 35.9 Å². The van der Waals surface area contributed by atoms with E-state index in [4.69, 9.17) is 11.6 Å². The number of aromatic nitrogens is 1. The monoisotopic (exact) mass is 532 g/mol. The van der Waals surface area contributed by atoms with Gasteiger partial charge in [0.1, 0.15) is 10.3 Å². The van der Waals surface area contributed by atoms with Gasteiger partial charge in [-0.2, -0.15) is 17.5 Å². The van der Waals surface area contributed by atoms with Gasteiger partial charge in [0.15, 0.2) is 5.78 Å². The number of aryl methyl sites for hydroxylation is 1. The summed E-state index contributed by atoms with van der Waals surface area (Å²) in [6, 6.07) is 6.73. The van der Waals surface area contributed by atoms with Gasteiger partial charge in [0.05, 0.1) is 20.6 Å². The number of carbonyl (C=O) groups excluding carboxylic acids is 1. The largest absolute Gasteiger partial charge is 0.416 e. The van der Waals surface area contributed by atoms with Crippen LogP contribution in [0.25, 0.3) is 11.3 Å². The van der Waals surface area contributed by atoms with Crippen LogP contribution >= 0.6 is 34.3 Å². The average molecular weight is 533 g/mol. The molecule has 0 unspecified atom stereocenters. The summed E-state index contributed by atoms with van der Waals surface area (Å²) in [6.07, 6.45) is -0.816. The molecular formula is C21H16ClF3N2O3S3. The van der Waals surface area contributed by atoms with E-state index in [1.807, 2.05) is 0 Å². The van der Waals surface area contributed by atoms with Gasteiger partial charge in [-0.05, 0) is 24.3 Å². The first-order chi connectivity index (χ1) is 15.6. The Labute approximate surface area is 201 Å². The van der Waals surface area contributed by atoms with Gasteiger partial charge in [-0.3, -0.25) is 4.79 Å². The number of nitrogens with zero attached hydrogens (tertiary/aromatic N) is 2. The summed E-state index contributed by atoms with van der Waals surface area (Å²) in [7, 11) is -3.85. The van der Waals surface area contributed by atoms with Gasteiger partial charge < -0.3 is 0 Å². The van der Waals surface area contributed by atoms with Crippen molar-refractivity contribution in [2.24, 2.45) is 0 Å². The molecule has 0 saturated heterocycles. The van der Waals surface area contributed by atoms with Crippen LogP contribution in [0.2, 0.25) is 4.34 Å². The Balaban J connectivity index is 1.41. The van der Waals surface area contributed by atoms with Crippen molar-refractivity contribution in [1.29, 1.82) is 0 Å². The number of benzene rings is 1. The van der Waals surface area contributed by atoms with Crippen LogP contribution in [0.15, 0.2) is 58.1 Å². The SMILES string of the molecule is O=C(CCc1nc(-c2ccc(C(F)(F)F)cc2)cs1)[C@@H]1C=CCN1S(=O)(=O)c1ccc(Cl)s1. The zero-order valence-corrected chi connectivity index (χ0v) is 20.0. The number of Topliss-reactive ketones (excluding diaryl/α,β-unsaturated/α-hetero) is 1. The molecule has 1 aromatic carbocycles. The highest BCUT2D eigenvalue weighted by atomic mass is 35.5. The van der Waals surface area contributed by atoms with E-state index in [0.717, 1.165) is 27.8 Å². The van der Waals surface area contributed by atoms with E-state index in [-0.39, 0.29) is 23.0 Å². The van der Waals surface area contributed by atoms with Gasteiger partial charge in [-0.15, -0.1) is 22.7 Å². The van der Waals surface area contributed by atoms with Gasteiger partial charge in [0.25, 0.3) is 10.0 Å². The Morgan fingerprint density at radius 3 is 2.55 bits per heavy atom. The van der Waals surface area contributed by atoms with Crippen molar-refractivity contribution < 1.29 is 26.4 Å². The number of ketones is 1. The minimum atomic E-state index is -4.40. The van der Waals surface area contributed by atoms with Crippen LogP contribution in [0.3, 0.4) is 0 Å². The van der Waals surface area contributed by atoms with E-state index < -0.39 is 27.8 Å².